The highest BCUT2D eigenvalue weighted by molar-refractivity contribution is 7.98. The quantitative estimate of drug-likeness (QED) is 0.226. The van der Waals surface area contributed by atoms with Gasteiger partial charge in [0.1, 0.15) is 41.5 Å². The van der Waals surface area contributed by atoms with Gasteiger partial charge in [0.2, 0.25) is 0 Å². The van der Waals surface area contributed by atoms with Crippen LogP contribution in [0.2, 0.25) is 0 Å². The molecule has 10 heteroatoms. The van der Waals surface area contributed by atoms with Crippen LogP contribution in [0.4, 0.5) is 5.69 Å². The molecule has 0 spiro atoms. The molecule has 198 valence electrons. The molecule has 0 bridgehead atoms. The Balaban J connectivity index is 2.33. The predicted molar refractivity (Wildman–Crippen MR) is 155 cm³/mol. The van der Waals surface area contributed by atoms with E-state index in [4.69, 9.17) is 4.74 Å². The van der Waals surface area contributed by atoms with Gasteiger partial charge in [-0.1, -0.05) is 24.3 Å². The number of nitrogens with zero attached hydrogens (tertiary/aromatic N) is 7. The molecule has 1 aromatic carbocycles. The van der Waals surface area contributed by atoms with E-state index in [1.165, 1.54) is 11.8 Å². The highest BCUT2D eigenvalue weighted by atomic mass is 32.2. The van der Waals surface area contributed by atoms with Crippen LogP contribution in [0.1, 0.15) is 34.1 Å². The first-order chi connectivity index (χ1) is 19.8. The summed E-state index contributed by atoms with van der Waals surface area (Å²) in [5.74, 6) is -0.579. The second kappa shape index (κ2) is 11.6. The highest BCUT2D eigenvalue weighted by Crippen LogP contribution is 2.52. The first-order valence-electron chi connectivity index (χ1n) is 12.2. The minimum absolute atomic E-state index is 0.00954. The number of carbonyl (C=O) groups excluding carboxylic acids is 1. The van der Waals surface area contributed by atoms with Crippen LogP contribution in [-0.4, -0.2) is 37.3 Å². The normalized spacial score (nSPS) is 11.4. The van der Waals surface area contributed by atoms with Crippen molar-refractivity contribution in [2.75, 3.05) is 31.9 Å². The fraction of sp³-hybridized carbons (Fsp3) is 0.161. The van der Waals surface area contributed by atoms with Crippen molar-refractivity contribution >= 4 is 45.7 Å². The average molecular weight is 556 g/mol. The van der Waals surface area contributed by atoms with Gasteiger partial charge in [-0.25, -0.2) is 4.79 Å². The number of anilines is 1. The van der Waals surface area contributed by atoms with Crippen LogP contribution in [0.15, 0.2) is 64.2 Å². The summed E-state index contributed by atoms with van der Waals surface area (Å²) in [4.78, 5) is 15.6. The second-order valence-electron chi connectivity index (χ2n) is 8.87. The summed E-state index contributed by atoms with van der Waals surface area (Å²) >= 11 is 1.23. The number of hydrogen-bond acceptors (Lipinski definition) is 9. The molecule has 1 aliphatic carbocycles. The SMILES string of the molecule is CCOC(=O)c1c(SC)c(C(C#N)=C2C(=C(C#N)C#N)c3ccccc3C2=C(C#N)C#N)n2ccc(N(C)C)cc12. The van der Waals surface area contributed by atoms with Crippen molar-refractivity contribution in [1.82, 2.24) is 4.40 Å². The minimum Gasteiger partial charge on any atom is -0.462 e. The van der Waals surface area contributed by atoms with Gasteiger partial charge in [0, 0.05) is 47.6 Å². The summed E-state index contributed by atoms with van der Waals surface area (Å²) in [7, 11) is 3.72. The molecule has 41 heavy (non-hydrogen) atoms. The van der Waals surface area contributed by atoms with E-state index in [0.29, 0.717) is 27.2 Å². The van der Waals surface area contributed by atoms with Gasteiger partial charge in [-0.15, -0.1) is 11.8 Å². The number of esters is 1. The van der Waals surface area contributed by atoms with Gasteiger partial charge < -0.3 is 14.0 Å². The number of thioether (sulfide) groups is 1. The molecule has 4 rings (SSSR count). The molecule has 0 N–H and O–H groups in total. The van der Waals surface area contributed by atoms with Crippen molar-refractivity contribution in [3.8, 4) is 30.3 Å². The van der Waals surface area contributed by atoms with E-state index >= 15 is 0 Å². The van der Waals surface area contributed by atoms with Gasteiger partial charge in [0.15, 0.2) is 0 Å². The van der Waals surface area contributed by atoms with E-state index in [-0.39, 0.29) is 45.6 Å². The number of fused-ring (bicyclic) bond motifs is 2. The van der Waals surface area contributed by atoms with Crippen molar-refractivity contribution in [2.24, 2.45) is 0 Å². The van der Waals surface area contributed by atoms with E-state index in [0.717, 1.165) is 5.69 Å². The van der Waals surface area contributed by atoms with Crippen molar-refractivity contribution in [1.29, 1.82) is 26.3 Å². The number of hydrogen-bond donors (Lipinski definition) is 0. The molecule has 0 radical (unpaired) electrons. The van der Waals surface area contributed by atoms with Crippen LogP contribution in [0.3, 0.4) is 0 Å². The largest absolute Gasteiger partial charge is 0.462 e. The third-order valence-corrected chi connectivity index (χ3v) is 7.40. The van der Waals surface area contributed by atoms with Crippen molar-refractivity contribution in [2.45, 2.75) is 11.8 Å². The monoisotopic (exact) mass is 555 g/mol. The fourth-order valence-corrected chi connectivity index (χ4v) is 5.70. The summed E-state index contributed by atoms with van der Waals surface area (Å²) in [5, 5.41) is 50.5. The van der Waals surface area contributed by atoms with Gasteiger partial charge in [-0.2, -0.15) is 26.3 Å². The number of nitriles is 5. The first-order valence-corrected chi connectivity index (χ1v) is 13.5. The lowest BCUT2D eigenvalue weighted by molar-refractivity contribution is 0.0525. The molecule has 2 aromatic heterocycles. The molecule has 0 saturated carbocycles. The maximum atomic E-state index is 13.3. The number of carbonyl (C=O) groups is 1. The number of benzene rings is 1. The third-order valence-electron chi connectivity index (χ3n) is 6.59. The Morgan fingerprint density at radius 3 is 1.90 bits per heavy atom. The van der Waals surface area contributed by atoms with E-state index < -0.39 is 5.97 Å². The summed E-state index contributed by atoms with van der Waals surface area (Å²) < 4.78 is 7.09. The van der Waals surface area contributed by atoms with Gasteiger partial charge in [-0.05, 0) is 36.4 Å². The highest BCUT2D eigenvalue weighted by Gasteiger charge is 2.37. The molecule has 0 saturated heterocycles. The lowest BCUT2D eigenvalue weighted by Crippen LogP contribution is -2.09. The number of allylic oxidation sites excluding steroid dienone is 6. The predicted octanol–water partition coefficient (Wildman–Crippen LogP) is 5.50. The fourth-order valence-electron chi connectivity index (χ4n) is 4.92. The van der Waals surface area contributed by atoms with Crippen molar-refractivity contribution in [3.63, 3.8) is 0 Å². The smallest absolute Gasteiger partial charge is 0.341 e. The van der Waals surface area contributed by atoms with Crippen molar-refractivity contribution in [3.05, 3.63) is 81.7 Å². The summed E-state index contributed by atoms with van der Waals surface area (Å²) in [6, 6.07) is 20.3. The Morgan fingerprint density at radius 2 is 1.46 bits per heavy atom. The zero-order chi connectivity index (χ0) is 29.8. The minimum atomic E-state index is -0.579. The molecule has 0 fully saturated rings. The average Bonchev–Trinajstić information content (AvgIpc) is 3.48. The number of aromatic nitrogens is 1. The Labute approximate surface area is 241 Å². The van der Waals surface area contributed by atoms with Gasteiger partial charge in [-0.3, -0.25) is 0 Å². The zero-order valence-electron chi connectivity index (χ0n) is 22.6. The maximum Gasteiger partial charge on any atom is 0.341 e. The number of pyridine rings is 1. The van der Waals surface area contributed by atoms with E-state index in [1.807, 2.05) is 49.3 Å². The lowest BCUT2D eigenvalue weighted by Gasteiger charge is -2.14. The van der Waals surface area contributed by atoms with E-state index in [9.17, 15) is 31.1 Å². The molecule has 2 heterocycles. The van der Waals surface area contributed by atoms with Crippen LogP contribution in [0.5, 0.6) is 0 Å². The molecule has 3 aromatic rings. The van der Waals surface area contributed by atoms with Crippen LogP contribution >= 0.6 is 11.8 Å². The van der Waals surface area contributed by atoms with Gasteiger partial charge in [0.25, 0.3) is 0 Å². The number of rotatable bonds is 5. The molecular formula is C31H21N7O2S. The van der Waals surface area contributed by atoms with Crippen LogP contribution in [-0.2, 0) is 4.74 Å². The topological polar surface area (TPSA) is 153 Å². The summed E-state index contributed by atoms with van der Waals surface area (Å²) in [5.41, 5.74) is 2.55. The standard InChI is InChI=1S/C31H21N7O2S/c1-5-40-31(39)28-24-12-20(37(2)3)10-11-38(24)29(30(28)41-4)23(17-36)27-25(18(13-32)14-33)21-8-6-7-9-22(21)26(27)19(15-34)16-35/h6-12H,5H2,1-4H3. The van der Waals surface area contributed by atoms with Crippen LogP contribution in [0.25, 0.3) is 22.2 Å². The first kappa shape index (κ1) is 28.3. The Hall–Kier alpha value is -5.73. The van der Waals surface area contributed by atoms with Crippen LogP contribution < -0.4 is 4.90 Å². The molecule has 0 amide bonds. The molecule has 9 nitrogen and oxygen atoms in total. The summed E-state index contributed by atoms with van der Waals surface area (Å²) in [6.45, 7) is 1.83. The maximum absolute atomic E-state index is 13.3. The second-order valence-corrected chi connectivity index (χ2v) is 9.68. The third kappa shape index (κ3) is 4.48. The Morgan fingerprint density at radius 1 is 0.902 bits per heavy atom. The molecular weight excluding hydrogens is 534 g/mol. The molecule has 0 aliphatic heterocycles. The van der Waals surface area contributed by atoms with E-state index in [2.05, 4.69) is 6.07 Å². The molecule has 0 unspecified atom stereocenters. The number of ether oxygens (including phenoxy) is 1. The van der Waals surface area contributed by atoms with Gasteiger partial charge in [0.05, 0.1) is 29.0 Å². The van der Waals surface area contributed by atoms with Crippen molar-refractivity contribution < 1.29 is 9.53 Å². The Bertz CT molecular complexity index is 1840. The Kier molecular flexibility index (Phi) is 7.98. The lowest BCUT2D eigenvalue weighted by atomic mass is 9.91. The van der Waals surface area contributed by atoms with E-state index in [1.54, 1.807) is 54.1 Å². The van der Waals surface area contributed by atoms with Gasteiger partial charge >= 0.3 is 5.97 Å². The zero-order valence-corrected chi connectivity index (χ0v) is 23.4. The molecule has 1 aliphatic rings. The van der Waals surface area contributed by atoms with Crippen LogP contribution in [0, 0.1) is 56.7 Å². The molecule has 0 atom stereocenters. The summed E-state index contributed by atoms with van der Waals surface area (Å²) in [6.07, 6.45) is 3.48.